The first kappa shape index (κ1) is 22.8. The average Bonchev–Trinajstić information content (AvgIpc) is 3.20. The number of benzene rings is 1. The summed E-state index contributed by atoms with van der Waals surface area (Å²) in [5, 5.41) is 8.83. The molecule has 0 spiro atoms. The maximum Gasteiger partial charge on any atom is 0.242 e. The smallest absolute Gasteiger partial charge is 0.242 e. The predicted molar refractivity (Wildman–Crippen MR) is 121 cm³/mol. The molecule has 33 heavy (non-hydrogen) atoms. The number of amides is 2. The van der Waals surface area contributed by atoms with Crippen molar-refractivity contribution in [2.45, 2.75) is 51.0 Å². The van der Waals surface area contributed by atoms with E-state index in [0.29, 0.717) is 24.3 Å². The summed E-state index contributed by atoms with van der Waals surface area (Å²) in [5.74, 6) is -0.766. The zero-order valence-corrected chi connectivity index (χ0v) is 18.3. The number of anilines is 1. The van der Waals surface area contributed by atoms with Crippen molar-refractivity contribution in [2.75, 3.05) is 12.3 Å². The number of aromatic nitrogens is 1. The Balaban J connectivity index is 1.38. The number of alkyl halides is 1. The normalized spacial score (nSPS) is 20.5. The molecule has 1 aliphatic carbocycles. The second kappa shape index (κ2) is 9.66. The largest absolute Gasteiger partial charge is 0.384 e. The number of fused-ring (bicyclic) bond motifs is 1. The lowest BCUT2D eigenvalue weighted by Crippen LogP contribution is -2.52. The molecule has 4 rings (SSSR count). The highest BCUT2D eigenvalue weighted by molar-refractivity contribution is 5.92. The van der Waals surface area contributed by atoms with Crippen LogP contribution in [0.15, 0.2) is 36.4 Å². The summed E-state index contributed by atoms with van der Waals surface area (Å²) in [6.07, 6.45) is 3.82. The molecule has 0 bridgehead atoms. The van der Waals surface area contributed by atoms with Crippen molar-refractivity contribution in [2.24, 2.45) is 0 Å². The summed E-state index contributed by atoms with van der Waals surface area (Å²) in [4.78, 5) is 29.8. The number of nitrogens with zero attached hydrogens (tertiary/aromatic N) is 1. The van der Waals surface area contributed by atoms with E-state index in [2.05, 4.69) is 20.9 Å². The number of hydrogen-bond acceptors (Lipinski definition) is 5. The van der Waals surface area contributed by atoms with Crippen molar-refractivity contribution in [3.05, 3.63) is 64.6 Å². The van der Waals surface area contributed by atoms with Crippen LogP contribution in [-0.2, 0) is 22.7 Å². The third kappa shape index (κ3) is 5.03. The Labute approximate surface area is 190 Å². The number of nitrogens with two attached hydrogens (primary N) is 1. The second-order valence-electron chi connectivity index (χ2n) is 8.42. The van der Waals surface area contributed by atoms with Gasteiger partial charge in [-0.2, -0.15) is 0 Å². The number of carbonyl (C=O) groups excluding carboxylic acids is 2. The number of carbonyl (C=O) groups is 2. The molecule has 0 radical (unpaired) electrons. The fourth-order valence-electron chi connectivity index (χ4n) is 4.29. The molecule has 7 nitrogen and oxygen atoms in total. The van der Waals surface area contributed by atoms with E-state index < -0.39 is 24.6 Å². The van der Waals surface area contributed by atoms with Gasteiger partial charge in [0.15, 0.2) is 0 Å². The van der Waals surface area contributed by atoms with E-state index in [4.69, 9.17) is 5.73 Å². The van der Waals surface area contributed by atoms with Crippen molar-refractivity contribution in [3.8, 4) is 0 Å². The van der Waals surface area contributed by atoms with Gasteiger partial charge in [-0.15, -0.1) is 0 Å². The van der Waals surface area contributed by atoms with E-state index in [1.54, 1.807) is 25.1 Å². The molecule has 1 unspecified atom stereocenters. The monoisotopic (exact) mass is 455 g/mol. The molecule has 0 saturated heterocycles. The third-order valence-corrected chi connectivity index (χ3v) is 6.11. The lowest BCUT2D eigenvalue weighted by Gasteiger charge is -2.25. The SMILES string of the molecule is C[C@H](NC(=O)C1C=C(c2ccc(F)c(CF)c2)CCN1)C(=O)N[C@@H]1CCc2nc(N)ccc21. The van der Waals surface area contributed by atoms with Crippen LogP contribution < -0.4 is 21.7 Å². The number of hydrogen-bond donors (Lipinski definition) is 4. The molecule has 9 heteroatoms. The molecular weight excluding hydrogens is 428 g/mol. The van der Waals surface area contributed by atoms with E-state index in [0.717, 1.165) is 29.7 Å². The molecule has 1 aromatic carbocycles. The van der Waals surface area contributed by atoms with E-state index >= 15 is 0 Å². The van der Waals surface area contributed by atoms with Crippen LogP contribution in [0.2, 0.25) is 0 Å². The van der Waals surface area contributed by atoms with Gasteiger partial charge in [-0.1, -0.05) is 18.2 Å². The van der Waals surface area contributed by atoms with Crippen LogP contribution in [0.25, 0.3) is 5.57 Å². The molecule has 5 N–H and O–H groups in total. The number of halogens is 2. The lowest BCUT2D eigenvalue weighted by molar-refractivity contribution is -0.129. The van der Waals surface area contributed by atoms with Crippen LogP contribution in [0.5, 0.6) is 0 Å². The fraction of sp³-hybridized carbons (Fsp3) is 0.375. The van der Waals surface area contributed by atoms with Crippen LogP contribution >= 0.6 is 0 Å². The Hall–Kier alpha value is -3.33. The Kier molecular flexibility index (Phi) is 6.69. The highest BCUT2D eigenvalue weighted by Gasteiger charge is 2.29. The minimum atomic E-state index is -0.892. The maximum atomic E-state index is 13.6. The van der Waals surface area contributed by atoms with Crippen LogP contribution in [-0.4, -0.2) is 35.4 Å². The van der Waals surface area contributed by atoms with Gasteiger partial charge in [0.1, 0.15) is 30.4 Å². The number of nitrogen functional groups attached to an aromatic ring is 1. The molecule has 3 atom stereocenters. The molecule has 2 heterocycles. The van der Waals surface area contributed by atoms with E-state index in [9.17, 15) is 18.4 Å². The van der Waals surface area contributed by atoms with Gasteiger partial charge in [0.2, 0.25) is 11.8 Å². The average molecular weight is 456 g/mol. The standard InChI is InChI=1S/C24H27F2N5O2/c1-13(23(32)31-20-6-5-19-17(20)3-7-22(27)30-19)29-24(33)21-11-15(8-9-28-21)14-2-4-18(26)16(10-14)12-25/h2-4,7,10-11,13,20-21,28H,5-6,8-9,12H2,1H3,(H2,27,30)(H,29,33)(H,31,32)/t13-,20+,21?/m0/s1. The van der Waals surface area contributed by atoms with Gasteiger partial charge < -0.3 is 21.7 Å². The molecule has 2 amide bonds. The zero-order valence-electron chi connectivity index (χ0n) is 18.3. The van der Waals surface area contributed by atoms with Crippen molar-refractivity contribution < 1.29 is 18.4 Å². The van der Waals surface area contributed by atoms with Crippen molar-refractivity contribution in [1.82, 2.24) is 20.9 Å². The number of nitrogens with one attached hydrogen (secondary N) is 3. The summed E-state index contributed by atoms with van der Waals surface area (Å²) >= 11 is 0. The third-order valence-electron chi connectivity index (χ3n) is 6.11. The molecule has 1 aliphatic heterocycles. The van der Waals surface area contributed by atoms with Gasteiger partial charge in [-0.25, -0.2) is 13.8 Å². The van der Waals surface area contributed by atoms with Crippen LogP contribution in [0.4, 0.5) is 14.6 Å². The van der Waals surface area contributed by atoms with Gasteiger partial charge in [0.25, 0.3) is 0 Å². The van der Waals surface area contributed by atoms with Crippen LogP contribution in [0, 0.1) is 5.82 Å². The Morgan fingerprint density at radius 2 is 2.09 bits per heavy atom. The maximum absolute atomic E-state index is 13.6. The highest BCUT2D eigenvalue weighted by Crippen LogP contribution is 2.30. The van der Waals surface area contributed by atoms with Crippen LogP contribution in [0.1, 0.15) is 48.2 Å². The molecule has 174 valence electrons. The van der Waals surface area contributed by atoms with Crippen molar-refractivity contribution in [3.63, 3.8) is 0 Å². The Bertz CT molecular complexity index is 1100. The Morgan fingerprint density at radius 1 is 1.27 bits per heavy atom. The molecule has 1 aromatic heterocycles. The van der Waals surface area contributed by atoms with Gasteiger partial charge in [-0.3, -0.25) is 9.59 Å². The van der Waals surface area contributed by atoms with Gasteiger partial charge in [0.05, 0.1) is 6.04 Å². The molecule has 2 aliphatic rings. The number of pyridine rings is 1. The first-order valence-electron chi connectivity index (χ1n) is 11.0. The van der Waals surface area contributed by atoms with Crippen molar-refractivity contribution >= 4 is 23.2 Å². The summed E-state index contributed by atoms with van der Waals surface area (Å²) in [6, 6.07) is 6.32. The molecule has 0 fully saturated rings. The van der Waals surface area contributed by atoms with Gasteiger partial charge >= 0.3 is 0 Å². The quantitative estimate of drug-likeness (QED) is 0.535. The lowest BCUT2D eigenvalue weighted by atomic mass is 9.95. The molecular formula is C24H27F2N5O2. The minimum Gasteiger partial charge on any atom is -0.384 e. The zero-order chi connectivity index (χ0) is 23.5. The minimum absolute atomic E-state index is 0.00963. The first-order chi connectivity index (χ1) is 15.9. The summed E-state index contributed by atoms with van der Waals surface area (Å²) < 4.78 is 26.6. The molecule has 0 saturated carbocycles. The predicted octanol–water partition coefficient (Wildman–Crippen LogP) is 2.33. The topological polar surface area (TPSA) is 109 Å². The van der Waals surface area contributed by atoms with Gasteiger partial charge in [0, 0.05) is 17.8 Å². The Morgan fingerprint density at radius 3 is 2.88 bits per heavy atom. The highest BCUT2D eigenvalue weighted by atomic mass is 19.1. The van der Waals surface area contributed by atoms with Gasteiger partial charge in [-0.05, 0) is 61.1 Å². The summed E-state index contributed by atoms with van der Waals surface area (Å²) in [6.45, 7) is 1.27. The summed E-state index contributed by atoms with van der Waals surface area (Å²) in [5.41, 5.74) is 9.07. The summed E-state index contributed by atoms with van der Waals surface area (Å²) in [7, 11) is 0. The van der Waals surface area contributed by atoms with E-state index in [1.165, 1.54) is 12.1 Å². The fourth-order valence-corrected chi connectivity index (χ4v) is 4.29. The second-order valence-corrected chi connectivity index (χ2v) is 8.42. The van der Waals surface area contributed by atoms with E-state index in [-0.39, 0.29) is 23.4 Å². The van der Waals surface area contributed by atoms with E-state index in [1.807, 2.05) is 6.07 Å². The van der Waals surface area contributed by atoms with Crippen LogP contribution in [0.3, 0.4) is 0 Å². The molecule has 2 aromatic rings. The number of rotatable bonds is 6. The number of aryl methyl sites for hydroxylation is 1. The van der Waals surface area contributed by atoms with Crippen molar-refractivity contribution in [1.29, 1.82) is 0 Å². The first-order valence-corrected chi connectivity index (χ1v) is 11.0.